The average Bonchev–Trinajstić information content (AvgIpc) is 2.70. The van der Waals surface area contributed by atoms with Crippen LogP contribution in [0.15, 0.2) is 54.6 Å². The van der Waals surface area contributed by atoms with Crippen molar-refractivity contribution in [1.82, 2.24) is 15.1 Å². The summed E-state index contributed by atoms with van der Waals surface area (Å²) in [6, 6.07) is 15.5. The first-order valence-electron chi connectivity index (χ1n) is 9.62. The van der Waals surface area contributed by atoms with Crippen molar-refractivity contribution in [2.45, 2.75) is 6.42 Å². The molecule has 0 aliphatic carbocycles. The van der Waals surface area contributed by atoms with Gasteiger partial charge in [0.05, 0.1) is 17.5 Å². The fourth-order valence-corrected chi connectivity index (χ4v) is 4.09. The number of amides is 3. The molecule has 2 aliphatic rings. The van der Waals surface area contributed by atoms with Gasteiger partial charge in [0.1, 0.15) is 5.82 Å². The number of piperazine rings is 1. The van der Waals surface area contributed by atoms with Gasteiger partial charge < -0.3 is 15.1 Å². The van der Waals surface area contributed by atoms with Crippen molar-refractivity contribution in [2.75, 3.05) is 32.7 Å². The van der Waals surface area contributed by atoms with E-state index < -0.39 is 17.1 Å². The van der Waals surface area contributed by atoms with Crippen LogP contribution in [0.4, 0.5) is 4.39 Å². The molecule has 150 valence electrons. The van der Waals surface area contributed by atoms with E-state index in [4.69, 9.17) is 0 Å². The Morgan fingerprint density at radius 2 is 1.69 bits per heavy atom. The number of carbonyl (C=O) groups is 3. The molecule has 0 bridgehead atoms. The first kappa shape index (κ1) is 19.1. The van der Waals surface area contributed by atoms with Crippen LogP contribution >= 0.6 is 0 Å². The van der Waals surface area contributed by atoms with Crippen molar-refractivity contribution >= 4 is 17.7 Å². The Balaban J connectivity index is 1.56. The minimum absolute atomic E-state index is 0.00519. The van der Waals surface area contributed by atoms with E-state index in [0.717, 1.165) is 5.56 Å². The summed E-state index contributed by atoms with van der Waals surface area (Å²) in [6.45, 7) is 1.29. The van der Waals surface area contributed by atoms with Crippen molar-refractivity contribution in [3.8, 4) is 0 Å². The molecule has 0 radical (unpaired) electrons. The molecule has 2 aliphatic heterocycles. The molecular formula is C22H22FN3O3. The molecule has 3 amide bonds. The molecule has 4 rings (SSSR count). The molecular weight excluding hydrogens is 373 g/mol. The third-order valence-electron chi connectivity index (χ3n) is 5.54. The maximum atomic E-state index is 14.0. The van der Waals surface area contributed by atoms with Gasteiger partial charge >= 0.3 is 0 Å². The third-order valence-corrected chi connectivity index (χ3v) is 5.54. The fourth-order valence-electron chi connectivity index (χ4n) is 4.09. The Bertz CT molecular complexity index is 941. The van der Waals surface area contributed by atoms with Gasteiger partial charge in [-0.25, -0.2) is 4.39 Å². The van der Waals surface area contributed by atoms with E-state index in [1.54, 1.807) is 11.0 Å². The van der Waals surface area contributed by atoms with Gasteiger partial charge in [-0.15, -0.1) is 0 Å². The van der Waals surface area contributed by atoms with Crippen molar-refractivity contribution in [3.63, 3.8) is 0 Å². The van der Waals surface area contributed by atoms with Gasteiger partial charge in [0.15, 0.2) is 0 Å². The van der Waals surface area contributed by atoms with Gasteiger partial charge in [-0.1, -0.05) is 42.5 Å². The van der Waals surface area contributed by atoms with E-state index >= 15 is 0 Å². The number of hydrogen-bond acceptors (Lipinski definition) is 3. The maximum absolute atomic E-state index is 14.0. The second-order valence-electron chi connectivity index (χ2n) is 7.66. The molecule has 2 aromatic rings. The van der Waals surface area contributed by atoms with Crippen LogP contribution in [-0.2, 0) is 16.0 Å². The molecule has 29 heavy (non-hydrogen) atoms. The number of hydrogen-bond donors (Lipinski definition) is 1. The fraction of sp³-hybridized carbons (Fsp3) is 0.318. The van der Waals surface area contributed by atoms with E-state index in [1.165, 1.54) is 23.1 Å². The van der Waals surface area contributed by atoms with Gasteiger partial charge in [0.25, 0.3) is 5.91 Å². The molecule has 0 spiro atoms. The molecule has 0 unspecified atom stereocenters. The van der Waals surface area contributed by atoms with Gasteiger partial charge in [-0.3, -0.25) is 14.4 Å². The largest absolute Gasteiger partial charge is 0.353 e. The number of nitrogens with zero attached hydrogens (tertiary/aromatic N) is 2. The number of rotatable bonds is 4. The highest BCUT2D eigenvalue weighted by atomic mass is 19.1. The van der Waals surface area contributed by atoms with E-state index in [0.29, 0.717) is 19.5 Å². The van der Waals surface area contributed by atoms with E-state index in [-0.39, 0.29) is 37.0 Å². The minimum Gasteiger partial charge on any atom is -0.353 e. The van der Waals surface area contributed by atoms with E-state index in [2.05, 4.69) is 5.32 Å². The highest BCUT2D eigenvalue weighted by molar-refractivity contribution is 5.97. The highest BCUT2D eigenvalue weighted by Gasteiger charge is 2.53. The first-order chi connectivity index (χ1) is 14.0. The number of carbonyl (C=O) groups excluding carboxylic acids is 3. The highest BCUT2D eigenvalue weighted by Crippen LogP contribution is 2.37. The van der Waals surface area contributed by atoms with Crippen molar-refractivity contribution in [3.05, 3.63) is 71.5 Å². The van der Waals surface area contributed by atoms with Crippen LogP contribution in [0, 0.1) is 11.2 Å². The second-order valence-corrected chi connectivity index (χ2v) is 7.66. The van der Waals surface area contributed by atoms with Crippen LogP contribution in [0.2, 0.25) is 0 Å². The standard InChI is InChI=1S/C22H22FN3O3/c23-18-9-5-4-8-17(18)20(28)26-14-22(15-26,12-16-6-2-1-3-7-16)21(29)25-11-10-24-19(27)13-25/h1-9H,10-15H2,(H,24,27). The summed E-state index contributed by atoms with van der Waals surface area (Å²) in [5.74, 6) is -1.31. The maximum Gasteiger partial charge on any atom is 0.256 e. The number of likely N-dealkylation sites (tertiary alicyclic amines) is 1. The zero-order valence-electron chi connectivity index (χ0n) is 15.9. The molecule has 2 saturated heterocycles. The predicted molar refractivity (Wildman–Crippen MR) is 104 cm³/mol. The first-order valence-corrected chi connectivity index (χ1v) is 9.62. The molecule has 0 atom stereocenters. The number of nitrogens with one attached hydrogen (secondary N) is 1. The van der Waals surface area contributed by atoms with Crippen LogP contribution in [0.25, 0.3) is 0 Å². The smallest absolute Gasteiger partial charge is 0.256 e. The van der Waals surface area contributed by atoms with Crippen LogP contribution < -0.4 is 5.32 Å². The van der Waals surface area contributed by atoms with Gasteiger partial charge in [-0.05, 0) is 24.1 Å². The number of benzene rings is 2. The van der Waals surface area contributed by atoms with Crippen LogP contribution in [0.5, 0.6) is 0 Å². The monoisotopic (exact) mass is 395 g/mol. The summed E-state index contributed by atoms with van der Waals surface area (Å²) in [5, 5.41) is 2.72. The molecule has 7 heteroatoms. The summed E-state index contributed by atoms with van der Waals surface area (Å²) < 4.78 is 14.0. The van der Waals surface area contributed by atoms with Gasteiger partial charge in [0, 0.05) is 26.2 Å². The van der Waals surface area contributed by atoms with Crippen molar-refractivity contribution in [1.29, 1.82) is 0 Å². The molecule has 2 fully saturated rings. The van der Waals surface area contributed by atoms with Crippen LogP contribution in [-0.4, -0.2) is 60.2 Å². The SMILES string of the molecule is O=C1CN(C(=O)C2(Cc3ccccc3)CN(C(=O)c3ccccc3F)C2)CCN1. The Morgan fingerprint density at radius 1 is 1.00 bits per heavy atom. The Morgan fingerprint density at radius 3 is 2.38 bits per heavy atom. The normalized spacial score (nSPS) is 18.0. The average molecular weight is 395 g/mol. The summed E-state index contributed by atoms with van der Waals surface area (Å²) in [5.41, 5.74) is 0.186. The van der Waals surface area contributed by atoms with Crippen LogP contribution in [0.3, 0.4) is 0 Å². The molecule has 6 nitrogen and oxygen atoms in total. The topological polar surface area (TPSA) is 69.7 Å². The summed E-state index contributed by atoms with van der Waals surface area (Å²) in [4.78, 5) is 40.9. The Kier molecular flexibility index (Phi) is 5.05. The van der Waals surface area contributed by atoms with E-state index in [9.17, 15) is 18.8 Å². The van der Waals surface area contributed by atoms with Gasteiger partial charge in [-0.2, -0.15) is 0 Å². The molecule has 2 aromatic carbocycles. The van der Waals surface area contributed by atoms with E-state index in [1.807, 2.05) is 30.3 Å². The van der Waals surface area contributed by atoms with Crippen molar-refractivity contribution < 1.29 is 18.8 Å². The predicted octanol–water partition coefficient (Wildman–Crippen LogP) is 1.47. The summed E-state index contributed by atoms with van der Waals surface area (Å²) in [6.07, 6.45) is 0.464. The molecule has 2 heterocycles. The Labute approximate surface area is 168 Å². The third kappa shape index (κ3) is 3.72. The minimum atomic E-state index is -0.806. The van der Waals surface area contributed by atoms with Crippen molar-refractivity contribution in [2.24, 2.45) is 5.41 Å². The molecule has 1 N–H and O–H groups in total. The lowest BCUT2D eigenvalue weighted by molar-refractivity contribution is -0.154. The molecule has 0 saturated carbocycles. The summed E-state index contributed by atoms with van der Waals surface area (Å²) in [7, 11) is 0. The zero-order valence-corrected chi connectivity index (χ0v) is 15.9. The quantitative estimate of drug-likeness (QED) is 0.852. The second kappa shape index (κ2) is 7.66. The zero-order chi connectivity index (χ0) is 20.4. The lowest BCUT2D eigenvalue weighted by Crippen LogP contribution is -2.67. The lowest BCUT2D eigenvalue weighted by Gasteiger charge is -2.51. The lowest BCUT2D eigenvalue weighted by atomic mass is 9.73. The summed E-state index contributed by atoms with van der Waals surface area (Å²) >= 11 is 0. The van der Waals surface area contributed by atoms with Gasteiger partial charge in [0.2, 0.25) is 11.8 Å². The Hall–Kier alpha value is -3.22. The molecule has 0 aromatic heterocycles. The van der Waals surface area contributed by atoms with Crippen LogP contribution in [0.1, 0.15) is 15.9 Å². The number of halogens is 1.